The molecule has 0 amide bonds. The standard InChI is InChI=1S/C16H20ClN3O/c1-4-12(3)20(9-11(2)17)10-15-18-14-8-6-5-7-13(14)16(21)19-15/h5-8,12H,2,4,9-10H2,1,3H3,(H,18,19,21). The second kappa shape index (κ2) is 6.87. The number of aromatic amines is 1. The molecule has 0 spiro atoms. The van der Waals surface area contributed by atoms with Gasteiger partial charge in [0.25, 0.3) is 5.56 Å². The van der Waals surface area contributed by atoms with Gasteiger partial charge < -0.3 is 4.98 Å². The van der Waals surface area contributed by atoms with E-state index in [9.17, 15) is 4.79 Å². The molecule has 0 aliphatic rings. The van der Waals surface area contributed by atoms with E-state index in [0.717, 1.165) is 6.42 Å². The predicted molar refractivity (Wildman–Crippen MR) is 87.5 cm³/mol. The number of halogens is 1. The van der Waals surface area contributed by atoms with Crippen LogP contribution in [0.3, 0.4) is 0 Å². The van der Waals surface area contributed by atoms with Crippen LogP contribution in [-0.2, 0) is 6.54 Å². The summed E-state index contributed by atoms with van der Waals surface area (Å²) >= 11 is 5.94. The van der Waals surface area contributed by atoms with E-state index in [1.807, 2.05) is 18.2 Å². The highest BCUT2D eigenvalue weighted by Crippen LogP contribution is 2.13. The van der Waals surface area contributed by atoms with E-state index in [1.54, 1.807) is 6.07 Å². The van der Waals surface area contributed by atoms with Crippen LogP contribution in [0.25, 0.3) is 10.9 Å². The Kier molecular flexibility index (Phi) is 5.15. The van der Waals surface area contributed by atoms with E-state index in [4.69, 9.17) is 11.6 Å². The number of rotatable bonds is 6. The van der Waals surface area contributed by atoms with E-state index < -0.39 is 0 Å². The molecule has 4 nitrogen and oxygen atoms in total. The number of hydrogen-bond donors (Lipinski definition) is 1. The maximum Gasteiger partial charge on any atom is 0.258 e. The first-order chi connectivity index (χ1) is 10.0. The third-order valence-electron chi connectivity index (χ3n) is 3.60. The number of nitrogens with one attached hydrogen (secondary N) is 1. The lowest BCUT2D eigenvalue weighted by atomic mass is 10.2. The Hall–Kier alpha value is -1.65. The molecule has 1 atom stereocenters. The largest absolute Gasteiger partial charge is 0.309 e. The summed E-state index contributed by atoms with van der Waals surface area (Å²) in [6.07, 6.45) is 0.988. The molecule has 112 valence electrons. The average Bonchev–Trinajstić information content (AvgIpc) is 2.45. The number of para-hydroxylation sites is 1. The van der Waals surface area contributed by atoms with Gasteiger partial charge in [-0.3, -0.25) is 9.69 Å². The van der Waals surface area contributed by atoms with Crippen molar-refractivity contribution in [3.05, 3.63) is 52.1 Å². The van der Waals surface area contributed by atoms with E-state index in [1.165, 1.54) is 0 Å². The zero-order valence-electron chi connectivity index (χ0n) is 12.4. The summed E-state index contributed by atoms with van der Waals surface area (Å²) < 4.78 is 0. The van der Waals surface area contributed by atoms with Crippen molar-refractivity contribution in [2.75, 3.05) is 6.54 Å². The van der Waals surface area contributed by atoms with Crippen molar-refractivity contribution in [1.82, 2.24) is 14.9 Å². The van der Waals surface area contributed by atoms with Crippen molar-refractivity contribution in [3.8, 4) is 0 Å². The van der Waals surface area contributed by atoms with Crippen LogP contribution in [0.15, 0.2) is 40.7 Å². The predicted octanol–water partition coefficient (Wildman–Crippen LogP) is 3.28. The highest BCUT2D eigenvalue weighted by molar-refractivity contribution is 6.29. The topological polar surface area (TPSA) is 49.0 Å². The van der Waals surface area contributed by atoms with Gasteiger partial charge in [-0.2, -0.15) is 0 Å². The van der Waals surface area contributed by atoms with Crippen molar-refractivity contribution < 1.29 is 0 Å². The van der Waals surface area contributed by atoms with Crippen LogP contribution in [0.4, 0.5) is 0 Å². The van der Waals surface area contributed by atoms with Crippen LogP contribution < -0.4 is 5.56 Å². The molecule has 0 saturated carbocycles. The molecule has 1 heterocycles. The lowest BCUT2D eigenvalue weighted by Gasteiger charge is -2.27. The van der Waals surface area contributed by atoms with Gasteiger partial charge >= 0.3 is 0 Å². The lowest BCUT2D eigenvalue weighted by Crippen LogP contribution is -2.34. The van der Waals surface area contributed by atoms with Crippen LogP contribution in [0.1, 0.15) is 26.1 Å². The van der Waals surface area contributed by atoms with Crippen molar-refractivity contribution in [1.29, 1.82) is 0 Å². The molecule has 0 fully saturated rings. The summed E-state index contributed by atoms with van der Waals surface area (Å²) in [6.45, 7) is 9.11. The first kappa shape index (κ1) is 15.7. The first-order valence-electron chi connectivity index (χ1n) is 7.06. The van der Waals surface area contributed by atoms with Crippen LogP contribution in [0, 0.1) is 0 Å². The third-order valence-corrected chi connectivity index (χ3v) is 3.72. The van der Waals surface area contributed by atoms with Gasteiger partial charge in [0.1, 0.15) is 5.82 Å². The second-order valence-electron chi connectivity index (χ2n) is 5.21. The summed E-state index contributed by atoms with van der Waals surface area (Å²) in [5.41, 5.74) is 0.606. The maximum atomic E-state index is 12.1. The second-order valence-corrected chi connectivity index (χ2v) is 5.74. The molecule has 2 aromatic rings. The normalized spacial score (nSPS) is 12.8. The van der Waals surface area contributed by atoms with E-state index in [2.05, 4.69) is 35.3 Å². The minimum Gasteiger partial charge on any atom is -0.309 e. The summed E-state index contributed by atoms with van der Waals surface area (Å²) in [6, 6.07) is 7.67. The van der Waals surface area contributed by atoms with Gasteiger partial charge in [-0.05, 0) is 25.5 Å². The summed E-state index contributed by atoms with van der Waals surface area (Å²) in [7, 11) is 0. The third kappa shape index (κ3) is 3.93. The van der Waals surface area contributed by atoms with Crippen LogP contribution >= 0.6 is 11.6 Å². The molecule has 1 aromatic heterocycles. The summed E-state index contributed by atoms with van der Waals surface area (Å²) in [4.78, 5) is 21.6. The van der Waals surface area contributed by atoms with Crippen molar-refractivity contribution in [2.45, 2.75) is 32.9 Å². The quantitative estimate of drug-likeness (QED) is 0.891. The van der Waals surface area contributed by atoms with Crippen molar-refractivity contribution >= 4 is 22.5 Å². The van der Waals surface area contributed by atoms with Crippen LogP contribution in [0.2, 0.25) is 0 Å². The van der Waals surface area contributed by atoms with E-state index >= 15 is 0 Å². The molecule has 0 aliphatic carbocycles. The Morgan fingerprint density at radius 2 is 2.19 bits per heavy atom. The zero-order chi connectivity index (χ0) is 15.4. The molecule has 2 rings (SSSR count). The molecule has 1 N–H and O–H groups in total. The van der Waals surface area contributed by atoms with E-state index in [-0.39, 0.29) is 5.56 Å². The van der Waals surface area contributed by atoms with E-state index in [0.29, 0.717) is 40.9 Å². The molecule has 5 heteroatoms. The van der Waals surface area contributed by atoms with Gasteiger partial charge in [0, 0.05) is 17.6 Å². The highest BCUT2D eigenvalue weighted by Gasteiger charge is 2.15. The smallest absolute Gasteiger partial charge is 0.258 e. The van der Waals surface area contributed by atoms with Crippen molar-refractivity contribution in [2.24, 2.45) is 0 Å². The molecule has 21 heavy (non-hydrogen) atoms. The monoisotopic (exact) mass is 305 g/mol. The minimum absolute atomic E-state index is 0.107. The number of nitrogens with zero attached hydrogens (tertiary/aromatic N) is 2. The summed E-state index contributed by atoms with van der Waals surface area (Å²) in [5.74, 6) is 0.650. The van der Waals surface area contributed by atoms with Crippen LogP contribution in [0.5, 0.6) is 0 Å². The lowest BCUT2D eigenvalue weighted by molar-refractivity contribution is 0.210. The Morgan fingerprint density at radius 3 is 2.86 bits per heavy atom. The van der Waals surface area contributed by atoms with Gasteiger partial charge in [0.2, 0.25) is 0 Å². The van der Waals surface area contributed by atoms with Gasteiger partial charge in [-0.1, -0.05) is 37.2 Å². The highest BCUT2D eigenvalue weighted by atomic mass is 35.5. The molecule has 1 unspecified atom stereocenters. The minimum atomic E-state index is -0.107. The maximum absolute atomic E-state index is 12.1. The molecular formula is C16H20ClN3O. The molecule has 0 aliphatic heterocycles. The molecular weight excluding hydrogens is 286 g/mol. The van der Waals surface area contributed by atoms with Crippen LogP contribution in [-0.4, -0.2) is 27.5 Å². The first-order valence-corrected chi connectivity index (χ1v) is 7.44. The fourth-order valence-corrected chi connectivity index (χ4v) is 2.40. The zero-order valence-corrected chi connectivity index (χ0v) is 13.2. The van der Waals surface area contributed by atoms with Gasteiger partial charge in [-0.15, -0.1) is 0 Å². The fraction of sp³-hybridized carbons (Fsp3) is 0.375. The Morgan fingerprint density at radius 1 is 1.48 bits per heavy atom. The number of benzene rings is 1. The van der Waals surface area contributed by atoms with Crippen molar-refractivity contribution in [3.63, 3.8) is 0 Å². The average molecular weight is 306 g/mol. The Bertz CT molecular complexity index is 695. The summed E-state index contributed by atoms with van der Waals surface area (Å²) in [5, 5.41) is 1.19. The number of H-pyrrole nitrogens is 1. The SMILES string of the molecule is C=C(Cl)CN(Cc1nc2ccccc2c(=O)[nH]1)C(C)CC. The Labute approximate surface area is 129 Å². The number of hydrogen-bond acceptors (Lipinski definition) is 3. The molecule has 0 saturated heterocycles. The van der Waals surface area contributed by atoms with Gasteiger partial charge in [0.05, 0.1) is 17.4 Å². The van der Waals surface area contributed by atoms with Gasteiger partial charge in [-0.25, -0.2) is 4.98 Å². The fourth-order valence-electron chi connectivity index (χ4n) is 2.25. The molecule has 0 bridgehead atoms. The number of aromatic nitrogens is 2. The van der Waals surface area contributed by atoms with Gasteiger partial charge in [0.15, 0.2) is 0 Å². The molecule has 1 aromatic carbocycles. The molecule has 0 radical (unpaired) electrons. The Balaban J connectivity index is 2.32. The number of fused-ring (bicyclic) bond motifs is 1.